The highest BCUT2D eigenvalue weighted by atomic mass is 16.5. The second kappa shape index (κ2) is 8.88. The van der Waals surface area contributed by atoms with Crippen molar-refractivity contribution in [2.75, 3.05) is 0 Å². The van der Waals surface area contributed by atoms with Gasteiger partial charge in [0.15, 0.2) is 0 Å². The summed E-state index contributed by atoms with van der Waals surface area (Å²) >= 11 is 0. The van der Waals surface area contributed by atoms with Crippen molar-refractivity contribution in [1.29, 1.82) is 0 Å². The van der Waals surface area contributed by atoms with E-state index in [-0.39, 0.29) is 11.1 Å². The van der Waals surface area contributed by atoms with E-state index in [1.165, 1.54) is 67.6 Å². The minimum Gasteiger partial charge on any atom is -0.144 e. The van der Waals surface area contributed by atoms with Gasteiger partial charge in [-0.1, -0.05) is 56.9 Å². The van der Waals surface area contributed by atoms with Crippen molar-refractivity contribution >= 4 is 0 Å². The Morgan fingerprint density at radius 1 is 0.821 bits per heavy atom. The standard InChI is InChI=1S/C26H42NO/c1-6-7-8-9-20-10-12-21(13-11-20)22-14-16-23(17-15-22)24-18-25(2,3)27(28)26(4,5)19-24/h14-17,20-21,24H,6-13,18-19H2,1-5H3. The zero-order valence-electron chi connectivity index (χ0n) is 19.0. The summed E-state index contributed by atoms with van der Waals surface area (Å²) in [7, 11) is 0. The van der Waals surface area contributed by atoms with Gasteiger partial charge in [0.2, 0.25) is 0 Å². The van der Waals surface area contributed by atoms with Gasteiger partial charge < -0.3 is 0 Å². The van der Waals surface area contributed by atoms with Gasteiger partial charge in [-0.15, -0.1) is 10.3 Å². The Bertz CT molecular complexity index is 592. The maximum Gasteiger partial charge on any atom is 0.0449 e. The lowest BCUT2D eigenvalue weighted by Crippen LogP contribution is -2.57. The molecule has 0 unspecified atom stereocenters. The Kier molecular flexibility index (Phi) is 6.92. The number of hydrogen-bond donors (Lipinski definition) is 0. The van der Waals surface area contributed by atoms with Gasteiger partial charge in [0, 0.05) is 11.1 Å². The zero-order chi connectivity index (χ0) is 20.4. The molecule has 2 nitrogen and oxygen atoms in total. The van der Waals surface area contributed by atoms with E-state index in [1.54, 1.807) is 0 Å². The summed E-state index contributed by atoms with van der Waals surface area (Å²) in [6.45, 7) is 10.7. The number of unbranched alkanes of at least 4 members (excludes halogenated alkanes) is 2. The van der Waals surface area contributed by atoms with E-state index in [2.05, 4.69) is 58.9 Å². The van der Waals surface area contributed by atoms with Crippen LogP contribution in [0.15, 0.2) is 24.3 Å². The molecule has 1 saturated heterocycles. The Labute approximate surface area is 173 Å². The van der Waals surface area contributed by atoms with Crippen LogP contribution in [0.2, 0.25) is 0 Å². The number of piperidine rings is 1. The molecule has 1 aliphatic carbocycles. The van der Waals surface area contributed by atoms with Crippen molar-refractivity contribution in [3.63, 3.8) is 0 Å². The first-order valence-corrected chi connectivity index (χ1v) is 11.8. The zero-order valence-corrected chi connectivity index (χ0v) is 19.0. The van der Waals surface area contributed by atoms with Gasteiger partial charge in [-0.3, -0.25) is 0 Å². The molecule has 157 valence electrons. The molecule has 1 aromatic carbocycles. The van der Waals surface area contributed by atoms with Gasteiger partial charge in [-0.05, 0) is 95.1 Å². The minimum absolute atomic E-state index is 0.290. The third-order valence-electron chi connectivity index (χ3n) is 7.53. The van der Waals surface area contributed by atoms with Crippen LogP contribution in [-0.4, -0.2) is 16.1 Å². The first kappa shape index (κ1) is 21.8. The largest absolute Gasteiger partial charge is 0.144 e. The Morgan fingerprint density at radius 2 is 1.32 bits per heavy atom. The molecular weight excluding hydrogens is 342 g/mol. The average Bonchev–Trinajstić information content (AvgIpc) is 2.66. The molecule has 3 rings (SSSR count). The number of rotatable bonds is 6. The second-order valence-corrected chi connectivity index (χ2v) is 10.9. The topological polar surface area (TPSA) is 23.1 Å². The third-order valence-corrected chi connectivity index (χ3v) is 7.53. The van der Waals surface area contributed by atoms with E-state index in [0.717, 1.165) is 24.7 Å². The van der Waals surface area contributed by atoms with Crippen LogP contribution < -0.4 is 0 Å². The predicted octanol–water partition coefficient (Wildman–Crippen LogP) is 7.62. The number of benzene rings is 1. The van der Waals surface area contributed by atoms with Crippen LogP contribution in [0.5, 0.6) is 0 Å². The molecule has 0 spiro atoms. The second-order valence-electron chi connectivity index (χ2n) is 10.9. The quantitative estimate of drug-likeness (QED) is 0.462. The van der Waals surface area contributed by atoms with E-state index >= 15 is 0 Å². The van der Waals surface area contributed by atoms with Crippen LogP contribution in [0, 0.1) is 5.92 Å². The van der Waals surface area contributed by atoms with Crippen molar-refractivity contribution in [1.82, 2.24) is 5.06 Å². The van der Waals surface area contributed by atoms with Crippen LogP contribution in [0.1, 0.15) is 122 Å². The van der Waals surface area contributed by atoms with E-state index in [0.29, 0.717) is 5.92 Å². The van der Waals surface area contributed by atoms with Gasteiger partial charge in [-0.25, -0.2) is 0 Å². The van der Waals surface area contributed by atoms with Crippen LogP contribution in [0.4, 0.5) is 0 Å². The summed E-state index contributed by atoms with van der Waals surface area (Å²) < 4.78 is 0. The summed E-state index contributed by atoms with van der Waals surface area (Å²) in [5, 5.41) is 14.0. The van der Waals surface area contributed by atoms with Crippen LogP contribution in [0.25, 0.3) is 0 Å². The van der Waals surface area contributed by atoms with Crippen LogP contribution in [0.3, 0.4) is 0 Å². The van der Waals surface area contributed by atoms with E-state index < -0.39 is 0 Å². The van der Waals surface area contributed by atoms with E-state index in [1.807, 2.05) is 0 Å². The van der Waals surface area contributed by atoms with Crippen molar-refractivity contribution in [3.05, 3.63) is 35.4 Å². The highest BCUT2D eigenvalue weighted by Crippen LogP contribution is 2.45. The summed E-state index contributed by atoms with van der Waals surface area (Å²) in [4.78, 5) is 0. The van der Waals surface area contributed by atoms with Gasteiger partial charge in [-0.2, -0.15) is 0 Å². The normalized spacial score (nSPS) is 28.4. The van der Waals surface area contributed by atoms with Gasteiger partial charge >= 0.3 is 0 Å². The molecule has 1 radical (unpaired) electrons. The van der Waals surface area contributed by atoms with Crippen molar-refractivity contribution < 1.29 is 5.21 Å². The molecular formula is C26H42NO. The molecule has 0 bridgehead atoms. The van der Waals surface area contributed by atoms with Crippen molar-refractivity contribution in [3.8, 4) is 0 Å². The molecule has 0 aromatic heterocycles. The summed E-state index contributed by atoms with van der Waals surface area (Å²) in [5.74, 6) is 2.22. The lowest BCUT2D eigenvalue weighted by atomic mass is 9.72. The van der Waals surface area contributed by atoms with Gasteiger partial charge in [0.05, 0.1) is 0 Å². The molecule has 1 aromatic rings. The molecule has 0 N–H and O–H groups in total. The minimum atomic E-state index is -0.290. The van der Waals surface area contributed by atoms with E-state index in [9.17, 15) is 5.21 Å². The fraction of sp³-hybridized carbons (Fsp3) is 0.769. The van der Waals surface area contributed by atoms with Crippen LogP contribution in [-0.2, 0) is 5.21 Å². The molecule has 1 heterocycles. The molecule has 1 saturated carbocycles. The Morgan fingerprint density at radius 3 is 1.82 bits per heavy atom. The highest BCUT2D eigenvalue weighted by molar-refractivity contribution is 5.29. The average molecular weight is 385 g/mol. The molecule has 2 heteroatoms. The SMILES string of the molecule is CCCCCC1CCC(c2ccc(C3CC(C)(C)N([O])C(C)(C)C3)cc2)CC1. The molecule has 0 atom stereocenters. The van der Waals surface area contributed by atoms with Gasteiger partial charge in [0.25, 0.3) is 0 Å². The number of hydrogen-bond acceptors (Lipinski definition) is 1. The maximum atomic E-state index is 12.6. The monoisotopic (exact) mass is 384 g/mol. The lowest BCUT2D eigenvalue weighted by molar-refractivity contribution is -0.289. The first-order valence-electron chi connectivity index (χ1n) is 11.8. The van der Waals surface area contributed by atoms with Gasteiger partial charge in [0.1, 0.15) is 0 Å². The van der Waals surface area contributed by atoms with E-state index in [4.69, 9.17) is 0 Å². The number of nitrogens with zero attached hydrogens (tertiary/aromatic N) is 1. The molecule has 1 aliphatic heterocycles. The fourth-order valence-corrected chi connectivity index (χ4v) is 6.01. The van der Waals surface area contributed by atoms with Crippen LogP contribution >= 0.6 is 0 Å². The molecule has 0 amide bonds. The molecule has 2 fully saturated rings. The maximum absolute atomic E-state index is 12.6. The molecule has 28 heavy (non-hydrogen) atoms. The van der Waals surface area contributed by atoms with Crippen molar-refractivity contribution in [2.45, 2.75) is 122 Å². The highest BCUT2D eigenvalue weighted by Gasteiger charge is 2.46. The summed E-state index contributed by atoms with van der Waals surface area (Å²) in [6, 6.07) is 9.50. The number of hydroxylamine groups is 2. The lowest BCUT2D eigenvalue weighted by Gasteiger charge is -2.50. The Hall–Kier alpha value is -0.860. The third kappa shape index (κ3) is 5.00. The molecule has 2 aliphatic rings. The smallest absolute Gasteiger partial charge is 0.0449 e. The predicted molar refractivity (Wildman–Crippen MR) is 118 cm³/mol. The summed E-state index contributed by atoms with van der Waals surface area (Å²) in [5.41, 5.74) is 2.38. The first-order chi connectivity index (χ1) is 13.2. The Balaban J connectivity index is 1.59. The summed E-state index contributed by atoms with van der Waals surface area (Å²) in [6.07, 6.45) is 13.1. The van der Waals surface area contributed by atoms with Crippen molar-refractivity contribution in [2.24, 2.45) is 5.92 Å². The fourth-order valence-electron chi connectivity index (χ4n) is 6.01.